The zero-order valence-electron chi connectivity index (χ0n) is 10.1. The van der Waals surface area contributed by atoms with Crippen molar-refractivity contribution in [2.75, 3.05) is 29.6 Å². The Kier molecular flexibility index (Phi) is 5.77. The van der Waals surface area contributed by atoms with E-state index in [9.17, 15) is 8.42 Å². The van der Waals surface area contributed by atoms with Gasteiger partial charge in [0, 0.05) is 30.5 Å². The third-order valence-corrected chi connectivity index (χ3v) is 4.28. The summed E-state index contributed by atoms with van der Waals surface area (Å²) in [4.78, 5) is 4.18. The van der Waals surface area contributed by atoms with Gasteiger partial charge in [-0.1, -0.05) is 0 Å². The molecule has 1 aromatic heterocycles. The van der Waals surface area contributed by atoms with Crippen LogP contribution in [0.3, 0.4) is 0 Å². The van der Waals surface area contributed by atoms with E-state index in [2.05, 4.69) is 10.3 Å². The van der Waals surface area contributed by atoms with Gasteiger partial charge in [0.2, 0.25) is 0 Å². The molecule has 6 heteroatoms. The molecule has 0 aliphatic carbocycles. The number of nitrogens with zero attached hydrogens (tertiary/aromatic N) is 1. The summed E-state index contributed by atoms with van der Waals surface area (Å²) in [7, 11) is -2.84. The van der Waals surface area contributed by atoms with Gasteiger partial charge in [-0.15, -0.1) is 0 Å². The number of anilines is 1. The second-order valence-corrected chi connectivity index (χ2v) is 7.13. The first kappa shape index (κ1) is 14.3. The third kappa shape index (κ3) is 6.53. The zero-order chi connectivity index (χ0) is 12.7. The van der Waals surface area contributed by atoms with E-state index in [1.54, 1.807) is 18.0 Å². The Morgan fingerprint density at radius 1 is 1.47 bits per heavy atom. The van der Waals surface area contributed by atoms with Crippen LogP contribution >= 0.6 is 11.8 Å². The molecule has 0 unspecified atom stereocenters. The number of hydrogen-bond acceptors (Lipinski definition) is 5. The molecule has 1 heterocycles. The highest BCUT2D eigenvalue weighted by Gasteiger charge is 2.02. The summed E-state index contributed by atoms with van der Waals surface area (Å²) < 4.78 is 21.9. The van der Waals surface area contributed by atoms with E-state index < -0.39 is 9.84 Å². The van der Waals surface area contributed by atoms with Gasteiger partial charge in [0.1, 0.15) is 15.7 Å². The number of pyridine rings is 1. The van der Waals surface area contributed by atoms with Crippen molar-refractivity contribution in [2.45, 2.75) is 12.7 Å². The van der Waals surface area contributed by atoms with Gasteiger partial charge in [-0.2, -0.15) is 11.8 Å². The standard InChI is InChI=1S/C11H18N2O2S2/c1-3-12-11-8-10(4-5-13-11)9-16-6-7-17(2,14)15/h4-5,8H,3,6-7,9H2,1-2H3,(H,12,13). The topological polar surface area (TPSA) is 59.1 Å². The second kappa shape index (κ2) is 6.86. The first-order valence-corrected chi connectivity index (χ1v) is 8.67. The van der Waals surface area contributed by atoms with E-state index in [0.717, 1.165) is 23.7 Å². The Hall–Kier alpha value is -0.750. The van der Waals surface area contributed by atoms with Crippen LogP contribution in [0, 0.1) is 0 Å². The predicted octanol–water partition coefficient (Wildman–Crippen LogP) is 1.79. The Morgan fingerprint density at radius 2 is 2.24 bits per heavy atom. The first-order valence-electron chi connectivity index (χ1n) is 5.45. The van der Waals surface area contributed by atoms with Gasteiger partial charge in [-0.05, 0) is 24.6 Å². The third-order valence-electron chi connectivity index (χ3n) is 2.05. The van der Waals surface area contributed by atoms with Crippen molar-refractivity contribution in [2.24, 2.45) is 0 Å². The van der Waals surface area contributed by atoms with Crippen LogP contribution in [0.2, 0.25) is 0 Å². The molecule has 0 saturated heterocycles. The summed E-state index contributed by atoms with van der Waals surface area (Å²) in [6.45, 7) is 2.87. The van der Waals surface area contributed by atoms with Crippen LogP contribution < -0.4 is 5.32 Å². The molecular formula is C11H18N2O2S2. The van der Waals surface area contributed by atoms with Crippen molar-refractivity contribution in [3.63, 3.8) is 0 Å². The molecule has 0 fully saturated rings. The van der Waals surface area contributed by atoms with Gasteiger partial charge in [-0.3, -0.25) is 0 Å². The van der Waals surface area contributed by atoms with Gasteiger partial charge in [0.15, 0.2) is 0 Å². The smallest absolute Gasteiger partial charge is 0.148 e. The molecule has 0 radical (unpaired) electrons. The minimum Gasteiger partial charge on any atom is -0.370 e. The van der Waals surface area contributed by atoms with Crippen LogP contribution in [-0.4, -0.2) is 37.7 Å². The predicted molar refractivity (Wildman–Crippen MR) is 74.3 cm³/mol. The SMILES string of the molecule is CCNc1cc(CSCCS(C)(=O)=O)ccn1. The second-order valence-electron chi connectivity index (χ2n) is 3.76. The molecule has 0 atom stereocenters. The van der Waals surface area contributed by atoms with E-state index in [4.69, 9.17) is 0 Å². The molecule has 0 spiro atoms. The average Bonchev–Trinajstić information content (AvgIpc) is 2.24. The van der Waals surface area contributed by atoms with Crippen LogP contribution in [-0.2, 0) is 15.6 Å². The largest absolute Gasteiger partial charge is 0.370 e. The van der Waals surface area contributed by atoms with Crippen molar-refractivity contribution in [3.05, 3.63) is 23.9 Å². The Morgan fingerprint density at radius 3 is 2.88 bits per heavy atom. The number of nitrogens with one attached hydrogen (secondary N) is 1. The molecule has 1 N–H and O–H groups in total. The fourth-order valence-corrected chi connectivity index (χ4v) is 3.48. The molecule has 17 heavy (non-hydrogen) atoms. The Labute approximate surface area is 107 Å². The lowest BCUT2D eigenvalue weighted by molar-refractivity contribution is 0.603. The molecule has 96 valence electrons. The quantitative estimate of drug-likeness (QED) is 0.768. The van der Waals surface area contributed by atoms with Gasteiger partial charge in [0.05, 0.1) is 5.75 Å². The van der Waals surface area contributed by atoms with Crippen LogP contribution in [0.15, 0.2) is 18.3 Å². The van der Waals surface area contributed by atoms with Crippen molar-refractivity contribution in [1.29, 1.82) is 0 Å². The summed E-state index contributed by atoms with van der Waals surface area (Å²) >= 11 is 1.63. The maximum absolute atomic E-state index is 10.9. The fourth-order valence-electron chi connectivity index (χ4n) is 1.24. The Bertz CT molecular complexity index is 447. The summed E-state index contributed by atoms with van der Waals surface area (Å²) in [5, 5.41) is 3.15. The zero-order valence-corrected chi connectivity index (χ0v) is 11.8. The van der Waals surface area contributed by atoms with E-state index in [-0.39, 0.29) is 5.75 Å². The number of hydrogen-bond donors (Lipinski definition) is 1. The Balaban J connectivity index is 2.38. The number of sulfone groups is 1. The highest BCUT2D eigenvalue weighted by molar-refractivity contribution is 7.99. The minimum atomic E-state index is -2.84. The molecule has 1 aromatic rings. The van der Waals surface area contributed by atoms with Gasteiger partial charge < -0.3 is 5.32 Å². The fraction of sp³-hybridized carbons (Fsp3) is 0.545. The average molecular weight is 274 g/mol. The lowest BCUT2D eigenvalue weighted by atomic mass is 10.3. The molecule has 4 nitrogen and oxygen atoms in total. The lowest BCUT2D eigenvalue weighted by Gasteiger charge is -2.05. The minimum absolute atomic E-state index is 0.239. The molecule has 0 saturated carbocycles. The van der Waals surface area contributed by atoms with Crippen molar-refractivity contribution < 1.29 is 8.42 Å². The molecule has 0 aromatic carbocycles. The number of thioether (sulfide) groups is 1. The molecule has 0 bridgehead atoms. The van der Waals surface area contributed by atoms with Crippen molar-refractivity contribution in [1.82, 2.24) is 4.98 Å². The van der Waals surface area contributed by atoms with E-state index in [1.807, 2.05) is 19.1 Å². The maximum Gasteiger partial charge on any atom is 0.148 e. The van der Waals surface area contributed by atoms with Crippen molar-refractivity contribution in [3.8, 4) is 0 Å². The van der Waals surface area contributed by atoms with Crippen LogP contribution in [0.5, 0.6) is 0 Å². The first-order chi connectivity index (χ1) is 8.01. The van der Waals surface area contributed by atoms with Crippen LogP contribution in [0.25, 0.3) is 0 Å². The summed E-state index contributed by atoms with van der Waals surface area (Å²) in [6.07, 6.45) is 3.04. The molecule has 1 rings (SSSR count). The molecule has 0 amide bonds. The van der Waals surface area contributed by atoms with E-state index in [0.29, 0.717) is 5.75 Å². The monoisotopic (exact) mass is 274 g/mol. The molecule has 0 aliphatic rings. The number of aromatic nitrogens is 1. The summed E-state index contributed by atoms with van der Waals surface area (Å²) in [5.74, 6) is 2.56. The van der Waals surface area contributed by atoms with E-state index in [1.165, 1.54) is 6.26 Å². The van der Waals surface area contributed by atoms with Crippen molar-refractivity contribution >= 4 is 27.4 Å². The normalized spacial score (nSPS) is 11.4. The molecule has 0 aliphatic heterocycles. The summed E-state index contributed by atoms with van der Waals surface area (Å²) in [5.41, 5.74) is 1.16. The molecular weight excluding hydrogens is 256 g/mol. The van der Waals surface area contributed by atoms with Crippen LogP contribution in [0.4, 0.5) is 5.82 Å². The maximum atomic E-state index is 10.9. The summed E-state index contributed by atoms with van der Waals surface area (Å²) in [6, 6.07) is 3.95. The van der Waals surface area contributed by atoms with E-state index >= 15 is 0 Å². The highest BCUT2D eigenvalue weighted by atomic mass is 32.2. The van der Waals surface area contributed by atoms with Gasteiger partial charge in [-0.25, -0.2) is 13.4 Å². The van der Waals surface area contributed by atoms with Gasteiger partial charge >= 0.3 is 0 Å². The highest BCUT2D eigenvalue weighted by Crippen LogP contribution is 2.14. The lowest BCUT2D eigenvalue weighted by Crippen LogP contribution is -2.05. The van der Waals surface area contributed by atoms with Gasteiger partial charge in [0.25, 0.3) is 0 Å². The van der Waals surface area contributed by atoms with Crippen LogP contribution in [0.1, 0.15) is 12.5 Å². The number of rotatable bonds is 7.